The van der Waals surface area contributed by atoms with Crippen molar-refractivity contribution in [1.29, 1.82) is 0 Å². The van der Waals surface area contributed by atoms with E-state index in [1.54, 1.807) is 0 Å². The van der Waals surface area contributed by atoms with Crippen LogP contribution in [0.1, 0.15) is 18.1 Å². The fraction of sp³-hybridized carbons (Fsp3) is 0.538. The number of hydrogen-bond acceptors (Lipinski definition) is 3. The van der Waals surface area contributed by atoms with E-state index in [-0.39, 0.29) is 0 Å². The van der Waals surface area contributed by atoms with E-state index < -0.39 is 5.60 Å². The highest BCUT2D eigenvalue weighted by Gasteiger charge is 2.36. The number of aliphatic hydroxyl groups is 1. The predicted octanol–water partition coefficient (Wildman–Crippen LogP) is 0.860. The molecule has 2 N–H and O–H groups in total. The Morgan fingerprint density at radius 3 is 2.88 bits per heavy atom. The molecule has 0 aliphatic carbocycles. The summed E-state index contributed by atoms with van der Waals surface area (Å²) in [7, 11) is 0. The third-order valence-electron chi connectivity index (χ3n) is 3.83. The van der Waals surface area contributed by atoms with Gasteiger partial charge in [0.1, 0.15) is 5.60 Å². The maximum absolute atomic E-state index is 10.3. The van der Waals surface area contributed by atoms with Crippen molar-refractivity contribution in [3.63, 3.8) is 0 Å². The number of fused-ring (bicyclic) bond motifs is 1. The van der Waals surface area contributed by atoms with Gasteiger partial charge in [-0.3, -0.25) is 0 Å². The summed E-state index contributed by atoms with van der Waals surface area (Å²) >= 11 is 0. The first-order valence-corrected chi connectivity index (χ1v) is 6.04. The summed E-state index contributed by atoms with van der Waals surface area (Å²) in [6.07, 6.45) is 1.11. The van der Waals surface area contributed by atoms with Gasteiger partial charge in [-0.2, -0.15) is 0 Å². The number of likely N-dealkylation sites (N-methyl/N-ethyl adjacent to an activating group) is 1. The zero-order valence-electron chi connectivity index (χ0n) is 9.66. The van der Waals surface area contributed by atoms with Crippen LogP contribution in [0.5, 0.6) is 0 Å². The van der Waals surface area contributed by atoms with Crippen LogP contribution < -0.4 is 10.2 Å². The Hall–Kier alpha value is -1.06. The lowest BCUT2D eigenvalue weighted by molar-refractivity contribution is -0.0146. The first-order chi connectivity index (χ1) is 7.73. The van der Waals surface area contributed by atoms with Gasteiger partial charge >= 0.3 is 0 Å². The fourth-order valence-electron chi connectivity index (χ4n) is 2.65. The van der Waals surface area contributed by atoms with Crippen molar-refractivity contribution in [2.75, 3.05) is 31.1 Å². The third kappa shape index (κ3) is 1.35. The molecule has 0 radical (unpaired) electrons. The average Bonchev–Trinajstić information content (AvgIpc) is 2.67. The number of rotatable bonds is 2. The van der Waals surface area contributed by atoms with Crippen LogP contribution in [0.15, 0.2) is 18.2 Å². The molecule has 2 heterocycles. The smallest absolute Gasteiger partial charge is 0.114 e. The predicted molar refractivity (Wildman–Crippen MR) is 64.8 cm³/mol. The van der Waals surface area contributed by atoms with Crippen molar-refractivity contribution >= 4 is 5.69 Å². The van der Waals surface area contributed by atoms with E-state index in [1.165, 1.54) is 11.3 Å². The Labute approximate surface area is 96.1 Å². The molecule has 2 aliphatic rings. The molecular formula is C13H18N2O. The normalized spacial score (nSPS) is 21.8. The molecule has 1 aromatic carbocycles. The van der Waals surface area contributed by atoms with Crippen LogP contribution in [-0.4, -0.2) is 31.3 Å². The summed E-state index contributed by atoms with van der Waals surface area (Å²) < 4.78 is 0. The van der Waals surface area contributed by atoms with E-state index >= 15 is 0 Å². The summed E-state index contributed by atoms with van der Waals surface area (Å²) in [6, 6.07) is 6.43. The van der Waals surface area contributed by atoms with Crippen LogP contribution in [-0.2, 0) is 12.0 Å². The topological polar surface area (TPSA) is 35.5 Å². The SMILES string of the molecule is CCN1CCc2cc(C3(O)CNC3)ccc21. The average molecular weight is 218 g/mol. The molecule has 3 heteroatoms. The molecule has 86 valence electrons. The summed E-state index contributed by atoms with van der Waals surface area (Å²) in [5, 5.41) is 13.4. The van der Waals surface area contributed by atoms with Crippen molar-refractivity contribution in [3.05, 3.63) is 29.3 Å². The molecule has 0 atom stereocenters. The van der Waals surface area contributed by atoms with Gasteiger partial charge in [-0.1, -0.05) is 12.1 Å². The second-order valence-corrected chi connectivity index (χ2v) is 4.81. The molecule has 0 saturated carbocycles. The van der Waals surface area contributed by atoms with E-state index in [1.807, 2.05) is 0 Å². The van der Waals surface area contributed by atoms with Crippen molar-refractivity contribution in [1.82, 2.24) is 5.32 Å². The Balaban J connectivity index is 1.95. The van der Waals surface area contributed by atoms with Gasteiger partial charge in [0.25, 0.3) is 0 Å². The Bertz CT molecular complexity index is 412. The lowest BCUT2D eigenvalue weighted by Crippen LogP contribution is -2.56. The van der Waals surface area contributed by atoms with Crippen molar-refractivity contribution in [2.24, 2.45) is 0 Å². The highest BCUT2D eigenvalue weighted by molar-refractivity contribution is 5.59. The molecule has 0 amide bonds. The van der Waals surface area contributed by atoms with Crippen LogP contribution in [0.3, 0.4) is 0 Å². The Morgan fingerprint density at radius 2 is 2.25 bits per heavy atom. The first kappa shape index (κ1) is 10.1. The molecule has 0 bridgehead atoms. The highest BCUT2D eigenvalue weighted by atomic mass is 16.3. The van der Waals surface area contributed by atoms with E-state index in [0.717, 1.165) is 25.1 Å². The number of nitrogens with one attached hydrogen (secondary N) is 1. The van der Waals surface area contributed by atoms with Gasteiger partial charge in [0.2, 0.25) is 0 Å². The highest BCUT2D eigenvalue weighted by Crippen LogP contribution is 2.33. The quantitative estimate of drug-likeness (QED) is 0.773. The number of nitrogens with zero attached hydrogens (tertiary/aromatic N) is 1. The molecule has 2 aliphatic heterocycles. The summed E-state index contributed by atoms with van der Waals surface area (Å²) in [5.41, 5.74) is 3.19. The Kier molecular flexibility index (Phi) is 2.19. The van der Waals surface area contributed by atoms with E-state index in [4.69, 9.17) is 0 Å². The molecule has 1 aromatic rings. The van der Waals surface area contributed by atoms with Crippen LogP contribution in [0.2, 0.25) is 0 Å². The molecule has 1 saturated heterocycles. The molecule has 0 spiro atoms. The zero-order chi connectivity index (χ0) is 11.2. The molecular weight excluding hydrogens is 200 g/mol. The molecule has 1 fully saturated rings. The Morgan fingerprint density at radius 1 is 1.44 bits per heavy atom. The minimum atomic E-state index is -0.616. The van der Waals surface area contributed by atoms with E-state index in [2.05, 4.69) is 35.3 Å². The van der Waals surface area contributed by atoms with Crippen LogP contribution >= 0.6 is 0 Å². The largest absolute Gasteiger partial charge is 0.382 e. The lowest BCUT2D eigenvalue weighted by Gasteiger charge is -2.38. The van der Waals surface area contributed by atoms with Gasteiger partial charge in [-0.15, -0.1) is 0 Å². The van der Waals surface area contributed by atoms with Crippen molar-refractivity contribution in [3.8, 4) is 0 Å². The van der Waals surface area contributed by atoms with E-state index in [9.17, 15) is 5.11 Å². The lowest BCUT2D eigenvalue weighted by atomic mass is 9.87. The monoisotopic (exact) mass is 218 g/mol. The van der Waals surface area contributed by atoms with Crippen LogP contribution in [0, 0.1) is 0 Å². The molecule has 0 aromatic heterocycles. The maximum atomic E-state index is 10.3. The first-order valence-electron chi connectivity index (χ1n) is 6.04. The zero-order valence-corrected chi connectivity index (χ0v) is 9.66. The number of anilines is 1. The van der Waals surface area contributed by atoms with Gasteiger partial charge in [0.15, 0.2) is 0 Å². The molecule has 3 rings (SSSR count). The van der Waals surface area contributed by atoms with Gasteiger partial charge in [0.05, 0.1) is 0 Å². The third-order valence-corrected chi connectivity index (χ3v) is 3.83. The summed E-state index contributed by atoms with van der Waals surface area (Å²) in [4.78, 5) is 2.39. The van der Waals surface area contributed by atoms with Crippen LogP contribution in [0.4, 0.5) is 5.69 Å². The van der Waals surface area contributed by atoms with Crippen molar-refractivity contribution in [2.45, 2.75) is 18.9 Å². The number of β-amino-alcohol motifs (C(OH)–C–C–N with tert-alkyl or cyclic N) is 1. The van der Waals surface area contributed by atoms with Gasteiger partial charge in [0, 0.05) is 31.9 Å². The fourth-order valence-corrected chi connectivity index (χ4v) is 2.65. The van der Waals surface area contributed by atoms with Gasteiger partial charge in [-0.05, 0) is 30.5 Å². The minimum absolute atomic E-state index is 0.616. The minimum Gasteiger partial charge on any atom is -0.382 e. The van der Waals surface area contributed by atoms with Crippen LogP contribution in [0.25, 0.3) is 0 Å². The second-order valence-electron chi connectivity index (χ2n) is 4.81. The molecule has 3 nitrogen and oxygen atoms in total. The standard InChI is InChI=1S/C13H18N2O/c1-2-15-6-5-10-7-11(3-4-12(10)15)13(16)8-14-9-13/h3-4,7,14,16H,2,5-6,8-9H2,1H3. The van der Waals surface area contributed by atoms with E-state index in [0.29, 0.717) is 13.1 Å². The molecule has 16 heavy (non-hydrogen) atoms. The maximum Gasteiger partial charge on any atom is 0.114 e. The number of benzene rings is 1. The van der Waals surface area contributed by atoms with Gasteiger partial charge < -0.3 is 15.3 Å². The number of hydrogen-bond donors (Lipinski definition) is 2. The summed E-state index contributed by atoms with van der Waals surface area (Å²) in [6.45, 7) is 5.74. The summed E-state index contributed by atoms with van der Waals surface area (Å²) in [5.74, 6) is 0. The van der Waals surface area contributed by atoms with Gasteiger partial charge in [-0.25, -0.2) is 0 Å². The second kappa shape index (κ2) is 3.47. The molecule has 0 unspecified atom stereocenters. The van der Waals surface area contributed by atoms with Crippen molar-refractivity contribution < 1.29 is 5.11 Å².